The number of nitrogens with zero attached hydrogens (tertiary/aromatic N) is 2. The molecule has 1 heterocycles. The number of para-hydroxylation sites is 1. The largest absolute Gasteiger partial charge is 0.493 e. The van der Waals surface area contributed by atoms with Crippen LogP contribution in [0.5, 0.6) is 11.6 Å². The van der Waals surface area contributed by atoms with Crippen molar-refractivity contribution in [2.75, 3.05) is 6.61 Å². The van der Waals surface area contributed by atoms with Crippen molar-refractivity contribution < 1.29 is 14.6 Å². The van der Waals surface area contributed by atoms with Gasteiger partial charge >= 0.3 is 0 Å². The van der Waals surface area contributed by atoms with E-state index in [2.05, 4.69) is 21.8 Å². The highest BCUT2D eigenvalue weighted by Crippen LogP contribution is 2.35. The number of aromatic hydroxyl groups is 1. The smallest absolute Gasteiger partial charge is 0.295 e. The Morgan fingerprint density at radius 1 is 1.21 bits per heavy atom. The van der Waals surface area contributed by atoms with Gasteiger partial charge < -0.3 is 14.8 Å². The molecular weight excluding hydrogens is 306 g/mol. The zero-order valence-electron chi connectivity index (χ0n) is 12.8. The highest BCUT2D eigenvalue weighted by molar-refractivity contribution is 5.97. The minimum absolute atomic E-state index is 0.124. The fourth-order valence-corrected chi connectivity index (χ4v) is 2.22. The first-order chi connectivity index (χ1) is 11.7. The minimum atomic E-state index is -0.505. The Bertz CT molecular complexity index is 911. The van der Waals surface area contributed by atoms with Crippen LogP contribution in [0.1, 0.15) is 10.4 Å². The van der Waals surface area contributed by atoms with E-state index in [4.69, 9.17) is 4.74 Å². The molecule has 1 aromatic heterocycles. The number of H-pyrrole nitrogens is 1. The Balaban J connectivity index is 1.79. The molecule has 2 aromatic carbocycles. The number of rotatable bonds is 5. The Kier molecular flexibility index (Phi) is 4.38. The van der Waals surface area contributed by atoms with E-state index in [1.54, 1.807) is 42.5 Å². The summed E-state index contributed by atoms with van der Waals surface area (Å²) in [5.74, 6) is 0.00790. The van der Waals surface area contributed by atoms with Crippen molar-refractivity contribution in [1.29, 1.82) is 0 Å². The molecule has 0 bridgehead atoms. The summed E-state index contributed by atoms with van der Waals surface area (Å²) in [7, 11) is 0. The number of aromatic amines is 1. The van der Waals surface area contributed by atoms with E-state index in [-0.39, 0.29) is 11.6 Å². The maximum atomic E-state index is 12.1. The normalized spacial score (nSPS) is 11.0. The molecule has 3 aromatic rings. The van der Waals surface area contributed by atoms with Gasteiger partial charge in [-0.25, -0.2) is 0 Å². The maximum Gasteiger partial charge on any atom is 0.295 e. The van der Waals surface area contributed by atoms with Gasteiger partial charge in [0.2, 0.25) is 5.88 Å². The van der Waals surface area contributed by atoms with E-state index < -0.39 is 5.91 Å². The van der Waals surface area contributed by atoms with Crippen LogP contribution < -0.4 is 4.74 Å². The molecule has 0 aliphatic rings. The van der Waals surface area contributed by atoms with Gasteiger partial charge in [0.1, 0.15) is 12.4 Å². The summed E-state index contributed by atoms with van der Waals surface area (Å²) in [4.78, 5) is 14.9. The van der Waals surface area contributed by atoms with Crippen LogP contribution in [0.25, 0.3) is 10.9 Å². The van der Waals surface area contributed by atoms with Crippen molar-refractivity contribution in [2.45, 2.75) is 0 Å². The van der Waals surface area contributed by atoms with Crippen molar-refractivity contribution in [2.24, 2.45) is 10.2 Å². The van der Waals surface area contributed by atoms with Crippen molar-refractivity contribution in [3.8, 4) is 11.6 Å². The Morgan fingerprint density at radius 2 is 1.96 bits per heavy atom. The number of nitrogens with one attached hydrogen (secondary N) is 1. The second-order valence-corrected chi connectivity index (χ2v) is 5.00. The van der Waals surface area contributed by atoms with Gasteiger partial charge in [-0.1, -0.05) is 30.9 Å². The Labute approximate surface area is 138 Å². The summed E-state index contributed by atoms with van der Waals surface area (Å²) in [6, 6.07) is 13.8. The third kappa shape index (κ3) is 3.17. The SMILES string of the molecule is C=CCOc1ccc(C(=O)N=Nc2c(O)[nH]c3ccccc23)cc1. The average molecular weight is 321 g/mol. The first kappa shape index (κ1) is 15.5. The molecule has 0 unspecified atom stereocenters. The van der Waals surface area contributed by atoms with E-state index in [0.717, 1.165) is 5.52 Å². The van der Waals surface area contributed by atoms with Gasteiger partial charge in [0.15, 0.2) is 5.69 Å². The number of ether oxygens (including phenoxy) is 1. The van der Waals surface area contributed by atoms with E-state index >= 15 is 0 Å². The van der Waals surface area contributed by atoms with Crippen LogP contribution in [0, 0.1) is 0 Å². The monoisotopic (exact) mass is 321 g/mol. The van der Waals surface area contributed by atoms with Crippen molar-refractivity contribution in [3.05, 3.63) is 66.7 Å². The molecular formula is C18H15N3O3. The van der Waals surface area contributed by atoms with E-state index in [0.29, 0.717) is 23.3 Å². The summed E-state index contributed by atoms with van der Waals surface area (Å²) in [5.41, 5.74) is 1.34. The highest BCUT2D eigenvalue weighted by Gasteiger charge is 2.11. The van der Waals surface area contributed by atoms with Crippen LogP contribution in [0.2, 0.25) is 0 Å². The van der Waals surface area contributed by atoms with Gasteiger partial charge in [-0.05, 0) is 30.3 Å². The van der Waals surface area contributed by atoms with Crippen molar-refractivity contribution in [1.82, 2.24) is 4.98 Å². The molecule has 0 atom stereocenters. The lowest BCUT2D eigenvalue weighted by Gasteiger charge is -2.02. The number of aromatic nitrogens is 1. The van der Waals surface area contributed by atoms with Crippen LogP contribution in [-0.2, 0) is 0 Å². The van der Waals surface area contributed by atoms with Gasteiger partial charge in [0.25, 0.3) is 5.91 Å². The number of benzene rings is 2. The third-order valence-electron chi connectivity index (χ3n) is 3.37. The molecule has 120 valence electrons. The first-order valence-corrected chi connectivity index (χ1v) is 7.28. The third-order valence-corrected chi connectivity index (χ3v) is 3.37. The summed E-state index contributed by atoms with van der Waals surface area (Å²) < 4.78 is 5.35. The fraction of sp³-hybridized carbons (Fsp3) is 0.0556. The highest BCUT2D eigenvalue weighted by atomic mass is 16.5. The Morgan fingerprint density at radius 3 is 2.71 bits per heavy atom. The number of azo groups is 1. The van der Waals surface area contributed by atoms with Crippen molar-refractivity contribution >= 4 is 22.5 Å². The van der Waals surface area contributed by atoms with Crippen LogP contribution >= 0.6 is 0 Å². The zero-order chi connectivity index (χ0) is 16.9. The van der Waals surface area contributed by atoms with Gasteiger partial charge in [-0.15, -0.1) is 10.2 Å². The molecule has 6 nitrogen and oxygen atoms in total. The Hall–Kier alpha value is -3.41. The quantitative estimate of drug-likeness (QED) is 0.540. The fourth-order valence-electron chi connectivity index (χ4n) is 2.22. The van der Waals surface area contributed by atoms with Gasteiger partial charge in [0, 0.05) is 10.9 Å². The van der Waals surface area contributed by atoms with Crippen LogP contribution in [-0.4, -0.2) is 22.6 Å². The number of carbonyl (C=O) groups excluding carboxylic acids is 1. The van der Waals surface area contributed by atoms with Crippen LogP contribution in [0.15, 0.2) is 71.4 Å². The topological polar surface area (TPSA) is 87.0 Å². The molecule has 0 spiro atoms. The molecule has 1 amide bonds. The van der Waals surface area contributed by atoms with Gasteiger partial charge in [-0.2, -0.15) is 0 Å². The second-order valence-electron chi connectivity index (χ2n) is 5.00. The average Bonchev–Trinajstić information content (AvgIpc) is 2.93. The first-order valence-electron chi connectivity index (χ1n) is 7.28. The second kappa shape index (κ2) is 6.78. The summed E-state index contributed by atoms with van der Waals surface area (Å²) in [5, 5.41) is 18.2. The molecule has 3 rings (SSSR count). The number of carbonyl (C=O) groups is 1. The molecule has 24 heavy (non-hydrogen) atoms. The lowest BCUT2D eigenvalue weighted by Crippen LogP contribution is -1.96. The van der Waals surface area contributed by atoms with E-state index in [1.807, 2.05) is 12.1 Å². The standard InChI is InChI=1S/C18H15N3O3/c1-2-11-24-13-9-7-12(8-10-13)17(22)21-20-16-14-5-3-4-6-15(14)19-18(16)23/h2-10,19,23H,1,11H2. The summed E-state index contributed by atoms with van der Waals surface area (Å²) in [6.07, 6.45) is 1.64. The number of hydrogen-bond acceptors (Lipinski definition) is 4. The van der Waals surface area contributed by atoms with Gasteiger partial charge in [0.05, 0.1) is 5.52 Å². The molecule has 0 aliphatic heterocycles. The molecule has 6 heteroatoms. The number of hydrogen-bond donors (Lipinski definition) is 2. The van der Waals surface area contributed by atoms with E-state index in [1.165, 1.54) is 0 Å². The van der Waals surface area contributed by atoms with Crippen molar-refractivity contribution in [3.63, 3.8) is 0 Å². The molecule has 2 N–H and O–H groups in total. The molecule has 0 radical (unpaired) electrons. The van der Waals surface area contributed by atoms with E-state index in [9.17, 15) is 9.90 Å². The molecule has 0 aliphatic carbocycles. The number of fused-ring (bicyclic) bond motifs is 1. The van der Waals surface area contributed by atoms with Gasteiger partial charge in [-0.3, -0.25) is 4.79 Å². The van der Waals surface area contributed by atoms with Crippen LogP contribution in [0.3, 0.4) is 0 Å². The summed E-state index contributed by atoms with van der Waals surface area (Å²) in [6.45, 7) is 3.97. The number of amides is 1. The minimum Gasteiger partial charge on any atom is -0.493 e. The lowest BCUT2D eigenvalue weighted by atomic mass is 10.2. The predicted molar refractivity (Wildman–Crippen MR) is 90.9 cm³/mol. The zero-order valence-corrected chi connectivity index (χ0v) is 12.8. The van der Waals surface area contributed by atoms with Crippen LogP contribution in [0.4, 0.5) is 5.69 Å². The lowest BCUT2D eigenvalue weighted by molar-refractivity contribution is 0.0995. The molecule has 0 saturated heterocycles. The molecule has 0 saturated carbocycles. The summed E-state index contributed by atoms with van der Waals surface area (Å²) >= 11 is 0. The maximum absolute atomic E-state index is 12.1. The molecule has 0 fully saturated rings. The predicted octanol–water partition coefficient (Wildman–Crippen LogP) is 4.36.